The summed E-state index contributed by atoms with van der Waals surface area (Å²) in [5.41, 5.74) is 4.53. The first kappa shape index (κ1) is 26.6. The standard InChI is InChI=1S/C24H16F4N4O5S2/c25-12-6-4-10(5-7-12)15-16-17(20(35)32(19(16)34)22(29)36)38-21-18(15)39-23(37)31(21)9-14(33)30-13-3-1-2-11(8-13)24(26,27)28/h1-8,15-17H,9H2,(H2,29,36)(H,30,33)/t15-,16?,17?/m0/s1. The van der Waals surface area contributed by atoms with Gasteiger partial charge in [-0.15, -0.1) is 0 Å². The second-order valence-electron chi connectivity index (χ2n) is 8.69. The molecule has 5 rings (SSSR count). The number of thiazole rings is 1. The van der Waals surface area contributed by atoms with Crippen molar-refractivity contribution in [3.8, 4) is 0 Å². The molecule has 0 radical (unpaired) electrons. The maximum Gasteiger partial charge on any atom is 0.416 e. The molecule has 9 nitrogen and oxygen atoms in total. The summed E-state index contributed by atoms with van der Waals surface area (Å²) in [7, 11) is 0. The van der Waals surface area contributed by atoms with Gasteiger partial charge in [0.15, 0.2) is 0 Å². The van der Waals surface area contributed by atoms with Crippen molar-refractivity contribution in [2.45, 2.75) is 28.9 Å². The zero-order valence-electron chi connectivity index (χ0n) is 19.4. The monoisotopic (exact) mass is 580 g/mol. The molecule has 202 valence electrons. The number of nitrogens with one attached hydrogen (secondary N) is 1. The van der Waals surface area contributed by atoms with Crippen molar-refractivity contribution in [3.63, 3.8) is 0 Å². The highest BCUT2D eigenvalue weighted by Crippen LogP contribution is 2.53. The van der Waals surface area contributed by atoms with E-state index in [2.05, 4.69) is 5.32 Å². The van der Waals surface area contributed by atoms with E-state index in [9.17, 15) is 41.5 Å². The van der Waals surface area contributed by atoms with Crippen LogP contribution in [-0.2, 0) is 27.1 Å². The van der Waals surface area contributed by atoms with Crippen molar-refractivity contribution < 1.29 is 36.7 Å². The molecule has 1 fully saturated rings. The largest absolute Gasteiger partial charge is 0.416 e. The minimum absolute atomic E-state index is 0.141. The van der Waals surface area contributed by atoms with E-state index in [-0.39, 0.29) is 10.7 Å². The second kappa shape index (κ2) is 9.64. The van der Waals surface area contributed by atoms with Gasteiger partial charge in [0.25, 0.3) is 5.91 Å². The van der Waals surface area contributed by atoms with E-state index in [1.165, 1.54) is 18.2 Å². The summed E-state index contributed by atoms with van der Waals surface area (Å²) in [6.07, 6.45) is -4.63. The smallest absolute Gasteiger partial charge is 0.351 e. The highest BCUT2D eigenvalue weighted by Gasteiger charge is 2.57. The summed E-state index contributed by atoms with van der Waals surface area (Å²) < 4.78 is 53.8. The molecule has 0 spiro atoms. The summed E-state index contributed by atoms with van der Waals surface area (Å²) in [5, 5.41) is 1.33. The Hall–Kier alpha value is -3.98. The Balaban J connectivity index is 1.52. The van der Waals surface area contributed by atoms with Gasteiger partial charge < -0.3 is 11.1 Å². The number of alkyl halides is 3. The number of hydrogen-bond acceptors (Lipinski definition) is 7. The van der Waals surface area contributed by atoms with Crippen LogP contribution < -0.4 is 15.9 Å². The molecule has 0 saturated carbocycles. The van der Waals surface area contributed by atoms with E-state index in [0.29, 0.717) is 26.7 Å². The van der Waals surface area contributed by atoms with Crippen LogP contribution in [0.5, 0.6) is 0 Å². The number of imide groups is 3. The van der Waals surface area contributed by atoms with Crippen LogP contribution in [0, 0.1) is 11.7 Å². The highest BCUT2D eigenvalue weighted by atomic mass is 32.2. The number of urea groups is 1. The van der Waals surface area contributed by atoms with Gasteiger partial charge in [0.2, 0.25) is 11.8 Å². The first-order chi connectivity index (χ1) is 18.4. The number of thioether (sulfide) groups is 1. The van der Waals surface area contributed by atoms with Crippen LogP contribution in [0.1, 0.15) is 21.9 Å². The molecular formula is C24H16F4N4O5S2. The lowest BCUT2D eigenvalue weighted by molar-refractivity contribution is -0.138. The Kier molecular flexibility index (Phi) is 6.58. The van der Waals surface area contributed by atoms with Crippen LogP contribution >= 0.6 is 23.1 Å². The maximum atomic E-state index is 13.7. The van der Waals surface area contributed by atoms with E-state index >= 15 is 0 Å². The molecule has 3 aromatic rings. The Labute approximate surface area is 224 Å². The Morgan fingerprint density at radius 1 is 1.03 bits per heavy atom. The van der Waals surface area contributed by atoms with Crippen molar-refractivity contribution in [2.75, 3.05) is 5.32 Å². The maximum absolute atomic E-state index is 13.7. The second-order valence-corrected chi connectivity index (χ2v) is 10.8. The number of halogens is 4. The summed E-state index contributed by atoms with van der Waals surface area (Å²) >= 11 is 1.52. The average molecular weight is 581 g/mol. The molecule has 3 N–H and O–H groups in total. The first-order valence-electron chi connectivity index (χ1n) is 11.2. The third-order valence-electron chi connectivity index (χ3n) is 6.27. The zero-order chi connectivity index (χ0) is 28.2. The Morgan fingerprint density at radius 3 is 2.36 bits per heavy atom. The third-order valence-corrected chi connectivity index (χ3v) is 8.88. The molecule has 2 aromatic carbocycles. The summed E-state index contributed by atoms with van der Waals surface area (Å²) in [4.78, 5) is 63.8. The van der Waals surface area contributed by atoms with Crippen LogP contribution in [0.2, 0.25) is 0 Å². The van der Waals surface area contributed by atoms with Gasteiger partial charge in [-0.2, -0.15) is 18.1 Å². The minimum atomic E-state index is -4.63. The van der Waals surface area contributed by atoms with Gasteiger partial charge in [0, 0.05) is 16.5 Å². The first-order valence-corrected chi connectivity index (χ1v) is 12.9. The lowest BCUT2D eigenvalue weighted by Crippen LogP contribution is -2.41. The van der Waals surface area contributed by atoms with Gasteiger partial charge in [-0.1, -0.05) is 41.3 Å². The van der Waals surface area contributed by atoms with Gasteiger partial charge in [-0.05, 0) is 35.9 Å². The van der Waals surface area contributed by atoms with E-state index < -0.39 is 69.8 Å². The average Bonchev–Trinajstić information content (AvgIpc) is 3.30. The Morgan fingerprint density at radius 2 is 1.72 bits per heavy atom. The lowest BCUT2D eigenvalue weighted by Gasteiger charge is -2.30. The van der Waals surface area contributed by atoms with Crippen LogP contribution in [-0.4, -0.2) is 38.5 Å². The van der Waals surface area contributed by atoms with E-state index in [0.717, 1.165) is 46.7 Å². The molecule has 3 heterocycles. The molecule has 2 aliphatic heterocycles. The molecule has 2 unspecified atom stereocenters. The number of fused-ring (bicyclic) bond motifs is 2. The zero-order valence-corrected chi connectivity index (χ0v) is 21.0. The van der Waals surface area contributed by atoms with Gasteiger partial charge in [-0.3, -0.25) is 23.7 Å². The SMILES string of the molecule is NC(=O)N1C(=O)C2Sc3c(sc(=O)n3CC(=O)Nc3cccc(C(F)(F)F)c3)[C@@H](c3ccc(F)cc3)C2C1=O. The van der Waals surface area contributed by atoms with Crippen molar-refractivity contribution in [3.05, 3.63) is 80.0 Å². The highest BCUT2D eigenvalue weighted by molar-refractivity contribution is 8.00. The fourth-order valence-corrected chi connectivity index (χ4v) is 7.39. The van der Waals surface area contributed by atoms with E-state index in [4.69, 9.17) is 5.73 Å². The number of carbonyl (C=O) groups is 4. The normalized spacial score (nSPS) is 20.5. The molecule has 1 saturated heterocycles. The molecule has 0 aliphatic carbocycles. The molecule has 5 amide bonds. The third kappa shape index (κ3) is 4.71. The number of nitrogens with two attached hydrogens (primary N) is 1. The van der Waals surface area contributed by atoms with Crippen LogP contribution in [0.25, 0.3) is 0 Å². The molecule has 3 atom stereocenters. The van der Waals surface area contributed by atoms with Crippen molar-refractivity contribution >= 4 is 52.5 Å². The van der Waals surface area contributed by atoms with Crippen molar-refractivity contribution in [2.24, 2.45) is 11.7 Å². The molecular weight excluding hydrogens is 564 g/mol. The summed E-state index contributed by atoms with van der Waals surface area (Å²) in [6, 6.07) is 7.74. The molecule has 2 aliphatic rings. The van der Waals surface area contributed by atoms with E-state index in [1.54, 1.807) is 0 Å². The van der Waals surface area contributed by atoms with Crippen LogP contribution in [0.3, 0.4) is 0 Å². The number of carbonyl (C=O) groups excluding carboxylic acids is 4. The number of hydrogen-bond donors (Lipinski definition) is 2. The van der Waals surface area contributed by atoms with E-state index in [1.807, 2.05) is 0 Å². The quantitative estimate of drug-likeness (QED) is 0.359. The predicted molar refractivity (Wildman–Crippen MR) is 131 cm³/mol. The fourth-order valence-electron chi connectivity index (χ4n) is 4.62. The number of nitrogens with zero attached hydrogens (tertiary/aromatic N) is 2. The molecule has 1 aromatic heterocycles. The summed E-state index contributed by atoms with van der Waals surface area (Å²) in [5.74, 6) is -5.19. The number of primary amides is 1. The van der Waals surface area contributed by atoms with Gasteiger partial charge >= 0.3 is 17.1 Å². The van der Waals surface area contributed by atoms with Crippen molar-refractivity contribution in [1.82, 2.24) is 9.47 Å². The van der Waals surface area contributed by atoms with Crippen molar-refractivity contribution in [1.29, 1.82) is 0 Å². The number of anilines is 1. The number of benzene rings is 2. The Bertz CT molecular complexity index is 1580. The van der Waals surface area contributed by atoms with Gasteiger partial charge in [-0.25, -0.2) is 9.18 Å². The van der Waals surface area contributed by atoms with Gasteiger partial charge in [0.1, 0.15) is 17.6 Å². The fraction of sp³-hybridized carbons (Fsp3) is 0.208. The number of aromatic nitrogens is 1. The van der Waals surface area contributed by atoms with Crippen LogP contribution in [0.4, 0.5) is 28.0 Å². The molecule has 0 bridgehead atoms. The molecule has 39 heavy (non-hydrogen) atoms. The van der Waals surface area contributed by atoms with Crippen LogP contribution in [0.15, 0.2) is 58.4 Å². The number of likely N-dealkylation sites (tertiary alicyclic amines) is 1. The minimum Gasteiger partial charge on any atom is -0.351 e. The lowest BCUT2D eigenvalue weighted by atomic mass is 9.83. The summed E-state index contributed by atoms with van der Waals surface area (Å²) in [6.45, 7) is -0.608. The topological polar surface area (TPSA) is 132 Å². The predicted octanol–water partition coefficient (Wildman–Crippen LogP) is 3.38. The number of rotatable bonds is 4. The van der Waals surface area contributed by atoms with Gasteiger partial charge in [0.05, 0.1) is 16.5 Å². The molecule has 15 heteroatoms. The number of amides is 5.